The van der Waals surface area contributed by atoms with Gasteiger partial charge in [-0.1, -0.05) is 23.8 Å². The molecular formula is C25H26N2O4. The van der Waals surface area contributed by atoms with E-state index in [9.17, 15) is 9.59 Å². The molecule has 0 saturated carbocycles. The van der Waals surface area contributed by atoms with E-state index in [1.54, 1.807) is 24.3 Å². The quantitative estimate of drug-likeness (QED) is 0.425. The van der Waals surface area contributed by atoms with Crippen molar-refractivity contribution >= 4 is 17.9 Å². The molecule has 0 spiro atoms. The molecule has 0 unspecified atom stereocenters. The zero-order chi connectivity index (χ0) is 22.2. The van der Waals surface area contributed by atoms with Crippen molar-refractivity contribution in [2.75, 3.05) is 13.2 Å². The van der Waals surface area contributed by atoms with Gasteiger partial charge < -0.3 is 19.8 Å². The number of carbonyl (C=O) groups excluding carboxylic acids is 2. The van der Waals surface area contributed by atoms with Crippen LogP contribution >= 0.6 is 0 Å². The van der Waals surface area contributed by atoms with Gasteiger partial charge in [0.2, 0.25) is 0 Å². The standard InChI is InChI=1S/C25H26N2O4/c1-17-6-9-20(10-7-17)24(28)27-23(16-21-5-4-13-30-21)25(29)26-12-14-31-22-11-8-18(2)19(3)15-22/h4-11,13,15-16H,12,14H2,1-3H3,(H,26,29)(H,27,28)/b23-16-. The van der Waals surface area contributed by atoms with Gasteiger partial charge in [-0.25, -0.2) is 0 Å². The van der Waals surface area contributed by atoms with Gasteiger partial charge in [0.05, 0.1) is 12.8 Å². The van der Waals surface area contributed by atoms with Crippen LogP contribution in [0.1, 0.15) is 32.8 Å². The topological polar surface area (TPSA) is 80.6 Å². The fourth-order valence-corrected chi connectivity index (χ4v) is 2.81. The van der Waals surface area contributed by atoms with Gasteiger partial charge in [0.1, 0.15) is 23.8 Å². The Morgan fingerprint density at radius 2 is 1.77 bits per heavy atom. The van der Waals surface area contributed by atoms with Crippen LogP contribution in [0.3, 0.4) is 0 Å². The SMILES string of the molecule is Cc1ccc(C(=O)N/C(=C\c2ccco2)C(=O)NCCOc2ccc(C)c(C)c2)cc1. The summed E-state index contributed by atoms with van der Waals surface area (Å²) in [6.07, 6.45) is 2.99. The van der Waals surface area contributed by atoms with E-state index in [4.69, 9.17) is 9.15 Å². The summed E-state index contributed by atoms with van der Waals surface area (Å²) >= 11 is 0. The number of benzene rings is 2. The monoisotopic (exact) mass is 418 g/mol. The third-order valence-corrected chi connectivity index (χ3v) is 4.77. The lowest BCUT2D eigenvalue weighted by atomic mass is 10.1. The molecule has 0 radical (unpaired) electrons. The number of carbonyl (C=O) groups is 2. The van der Waals surface area contributed by atoms with Crippen molar-refractivity contribution in [1.82, 2.24) is 10.6 Å². The maximum atomic E-state index is 12.7. The average molecular weight is 418 g/mol. The minimum Gasteiger partial charge on any atom is -0.492 e. The molecule has 1 aromatic heterocycles. The zero-order valence-electron chi connectivity index (χ0n) is 17.9. The first-order valence-electron chi connectivity index (χ1n) is 10.0. The van der Waals surface area contributed by atoms with E-state index in [0.717, 1.165) is 16.9 Å². The van der Waals surface area contributed by atoms with Crippen molar-refractivity contribution in [1.29, 1.82) is 0 Å². The number of hydrogen-bond donors (Lipinski definition) is 2. The van der Waals surface area contributed by atoms with Crippen molar-refractivity contribution < 1.29 is 18.7 Å². The van der Waals surface area contributed by atoms with Gasteiger partial charge in [0, 0.05) is 11.6 Å². The highest BCUT2D eigenvalue weighted by Gasteiger charge is 2.15. The predicted molar refractivity (Wildman–Crippen MR) is 120 cm³/mol. The molecule has 0 aliphatic heterocycles. The summed E-state index contributed by atoms with van der Waals surface area (Å²) in [6, 6.07) is 16.4. The number of furan rings is 1. The van der Waals surface area contributed by atoms with Gasteiger partial charge >= 0.3 is 0 Å². The van der Waals surface area contributed by atoms with Crippen LogP contribution in [0.4, 0.5) is 0 Å². The summed E-state index contributed by atoms with van der Waals surface area (Å²) in [5.74, 6) is 0.400. The lowest BCUT2D eigenvalue weighted by Crippen LogP contribution is -2.36. The first-order chi connectivity index (χ1) is 14.9. The Labute approximate surface area is 181 Å². The van der Waals surface area contributed by atoms with Gasteiger partial charge in [-0.2, -0.15) is 0 Å². The molecule has 0 atom stereocenters. The molecule has 2 N–H and O–H groups in total. The highest BCUT2D eigenvalue weighted by Crippen LogP contribution is 2.16. The van der Waals surface area contributed by atoms with E-state index >= 15 is 0 Å². The van der Waals surface area contributed by atoms with Crippen LogP contribution in [0.5, 0.6) is 5.75 Å². The number of rotatable bonds is 8. The lowest BCUT2D eigenvalue weighted by molar-refractivity contribution is -0.117. The van der Waals surface area contributed by atoms with Crippen molar-refractivity contribution in [2.45, 2.75) is 20.8 Å². The molecule has 6 nitrogen and oxygen atoms in total. The van der Waals surface area contributed by atoms with Crippen molar-refractivity contribution in [3.8, 4) is 5.75 Å². The summed E-state index contributed by atoms with van der Waals surface area (Å²) < 4.78 is 11.0. The van der Waals surface area contributed by atoms with Crippen molar-refractivity contribution in [3.05, 3.63) is 94.6 Å². The molecule has 0 fully saturated rings. The minimum absolute atomic E-state index is 0.0895. The smallest absolute Gasteiger partial charge is 0.268 e. The maximum Gasteiger partial charge on any atom is 0.268 e. The van der Waals surface area contributed by atoms with Crippen LogP contribution < -0.4 is 15.4 Å². The second-order valence-corrected chi connectivity index (χ2v) is 7.24. The molecule has 0 saturated heterocycles. The van der Waals surface area contributed by atoms with Crippen molar-refractivity contribution in [2.24, 2.45) is 0 Å². The van der Waals surface area contributed by atoms with Gasteiger partial charge in [0.15, 0.2) is 0 Å². The molecule has 2 aromatic carbocycles. The van der Waals surface area contributed by atoms with E-state index in [-0.39, 0.29) is 18.1 Å². The van der Waals surface area contributed by atoms with Crippen LogP contribution in [0.15, 0.2) is 71.0 Å². The molecule has 0 bridgehead atoms. The van der Waals surface area contributed by atoms with Gasteiger partial charge in [-0.15, -0.1) is 0 Å². The summed E-state index contributed by atoms with van der Waals surface area (Å²) in [6.45, 7) is 6.58. The highest BCUT2D eigenvalue weighted by atomic mass is 16.5. The second-order valence-electron chi connectivity index (χ2n) is 7.24. The fraction of sp³-hybridized carbons (Fsp3) is 0.200. The van der Waals surface area contributed by atoms with Crippen molar-refractivity contribution in [3.63, 3.8) is 0 Å². The maximum absolute atomic E-state index is 12.7. The molecule has 2 amide bonds. The van der Waals surface area contributed by atoms with Crippen LogP contribution in [0.25, 0.3) is 6.08 Å². The fourth-order valence-electron chi connectivity index (χ4n) is 2.81. The van der Waals surface area contributed by atoms with E-state index in [1.807, 2.05) is 51.1 Å². The molecule has 0 aliphatic rings. The Balaban J connectivity index is 1.61. The largest absolute Gasteiger partial charge is 0.492 e. The Kier molecular flexibility index (Phi) is 7.27. The summed E-state index contributed by atoms with van der Waals surface area (Å²) in [5.41, 5.74) is 3.93. The van der Waals surface area contributed by atoms with Crippen LogP contribution in [0, 0.1) is 20.8 Å². The van der Waals surface area contributed by atoms with Gasteiger partial charge in [-0.05, 0) is 68.3 Å². The molecular weight excluding hydrogens is 392 g/mol. The number of hydrogen-bond acceptors (Lipinski definition) is 4. The van der Waals surface area contributed by atoms with Gasteiger partial charge in [-0.3, -0.25) is 9.59 Å². The highest BCUT2D eigenvalue weighted by molar-refractivity contribution is 6.05. The predicted octanol–water partition coefficient (Wildman–Crippen LogP) is 4.17. The molecule has 0 aliphatic carbocycles. The van der Waals surface area contributed by atoms with E-state index in [0.29, 0.717) is 17.9 Å². The van der Waals surface area contributed by atoms with Gasteiger partial charge in [0.25, 0.3) is 11.8 Å². The average Bonchev–Trinajstić information content (AvgIpc) is 3.26. The Hall–Kier alpha value is -3.80. The molecule has 3 rings (SSSR count). The van der Waals surface area contributed by atoms with Crippen LogP contribution in [0.2, 0.25) is 0 Å². The number of nitrogens with one attached hydrogen (secondary N) is 2. The second kappa shape index (κ2) is 10.3. The third kappa shape index (κ3) is 6.34. The molecule has 160 valence electrons. The lowest BCUT2D eigenvalue weighted by Gasteiger charge is -2.12. The summed E-state index contributed by atoms with van der Waals surface area (Å²) in [4.78, 5) is 25.3. The normalized spacial score (nSPS) is 11.1. The third-order valence-electron chi connectivity index (χ3n) is 4.77. The molecule has 6 heteroatoms. The zero-order valence-corrected chi connectivity index (χ0v) is 17.9. The summed E-state index contributed by atoms with van der Waals surface area (Å²) in [5, 5.41) is 5.44. The molecule has 1 heterocycles. The number of ether oxygens (including phenoxy) is 1. The first-order valence-corrected chi connectivity index (χ1v) is 10.0. The van der Waals surface area contributed by atoms with Crippen LogP contribution in [-0.2, 0) is 4.79 Å². The van der Waals surface area contributed by atoms with Crippen LogP contribution in [-0.4, -0.2) is 25.0 Å². The molecule has 3 aromatic rings. The molecule has 31 heavy (non-hydrogen) atoms. The Morgan fingerprint density at radius 1 is 1.00 bits per heavy atom. The van der Waals surface area contributed by atoms with E-state index < -0.39 is 5.91 Å². The Bertz CT molecular complexity index is 1070. The minimum atomic E-state index is -0.430. The van der Waals surface area contributed by atoms with E-state index in [2.05, 4.69) is 10.6 Å². The number of amides is 2. The van der Waals surface area contributed by atoms with E-state index in [1.165, 1.54) is 17.9 Å². The first kappa shape index (κ1) is 21.9. The summed E-state index contributed by atoms with van der Waals surface area (Å²) in [7, 11) is 0. The number of aryl methyl sites for hydroxylation is 3. The Morgan fingerprint density at radius 3 is 2.45 bits per heavy atom.